The van der Waals surface area contributed by atoms with E-state index in [1.165, 1.54) is 7.11 Å². The molecule has 1 aliphatic carbocycles. The van der Waals surface area contributed by atoms with Gasteiger partial charge in [0.1, 0.15) is 16.9 Å². The van der Waals surface area contributed by atoms with Crippen LogP contribution >= 0.6 is 15.9 Å². The number of halogens is 1. The Morgan fingerprint density at radius 3 is 2.58 bits per heavy atom. The van der Waals surface area contributed by atoms with Crippen molar-refractivity contribution in [2.24, 2.45) is 11.8 Å². The minimum Gasteiger partial charge on any atom is -0.479 e. The van der Waals surface area contributed by atoms with E-state index in [1.807, 2.05) is 41.3 Å². The zero-order chi connectivity index (χ0) is 22.1. The number of rotatable bonds is 5. The second-order valence-electron chi connectivity index (χ2n) is 8.15. The molecule has 1 aliphatic heterocycles. The summed E-state index contributed by atoms with van der Waals surface area (Å²) in [6.07, 6.45) is 1.63. The number of carbonyl (C=O) groups excluding carboxylic acids is 2. The number of alkyl carbamates (subject to hydrolysis) is 1. The van der Waals surface area contributed by atoms with Gasteiger partial charge < -0.3 is 19.7 Å². The van der Waals surface area contributed by atoms with Gasteiger partial charge in [-0.25, -0.2) is 9.78 Å². The van der Waals surface area contributed by atoms with Crippen LogP contribution in [-0.4, -0.2) is 30.1 Å². The van der Waals surface area contributed by atoms with Gasteiger partial charge in [-0.2, -0.15) is 0 Å². The Hall–Kier alpha value is -2.61. The first-order valence-electron chi connectivity index (χ1n) is 10.4. The van der Waals surface area contributed by atoms with E-state index in [9.17, 15) is 9.59 Å². The molecule has 1 aromatic heterocycles. The molecule has 1 aromatic carbocycles. The van der Waals surface area contributed by atoms with Gasteiger partial charge in [0.2, 0.25) is 11.8 Å². The van der Waals surface area contributed by atoms with Crippen LogP contribution in [0.4, 0.5) is 10.5 Å². The highest BCUT2D eigenvalue weighted by molar-refractivity contribution is 9.10. The Morgan fingerprint density at radius 1 is 1.26 bits per heavy atom. The number of carbonyl (C=O) groups is 2. The van der Waals surface area contributed by atoms with Crippen LogP contribution in [0.3, 0.4) is 0 Å². The lowest BCUT2D eigenvalue weighted by Gasteiger charge is -2.45. The highest BCUT2D eigenvalue weighted by Gasteiger charge is 2.49. The standard InChI is InChI=1S/C23H26BrN3O4/c1-13-19(26-23(29)31-12-15-7-5-4-6-8-15)17-11-18(24)25-22(30-3)21(17)27(14(2)28)20(13)16-9-10-16/h4-8,11,13,16,19-20H,9-10,12H2,1-3H3,(H,26,29)/t13-,19-,20+/m1/s1. The normalized spacial score (nSPS) is 22.5. The first-order valence-corrected chi connectivity index (χ1v) is 11.2. The molecule has 164 valence electrons. The fraction of sp³-hybridized carbons (Fsp3) is 0.435. The van der Waals surface area contributed by atoms with Crippen LogP contribution in [0, 0.1) is 11.8 Å². The van der Waals surface area contributed by atoms with Crippen molar-refractivity contribution in [2.75, 3.05) is 12.0 Å². The molecule has 4 rings (SSSR count). The number of methoxy groups -OCH3 is 1. The number of hydrogen-bond acceptors (Lipinski definition) is 5. The van der Waals surface area contributed by atoms with E-state index >= 15 is 0 Å². The quantitative estimate of drug-likeness (QED) is 0.623. The summed E-state index contributed by atoms with van der Waals surface area (Å²) in [4.78, 5) is 31.7. The van der Waals surface area contributed by atoms with Gasteiger partial charge in [-0.15, -0.1) is 0 Å². The Kier molecular flexibility index (Phi) is 6.18. The van der Waals surface area contributed by atoms with Crippen LogP contribution in [0.15, 0.2) is 41.0 Å². The summed E-state index contributed by atoms with van der Waals surface area (Å²) in [6.45, 7) is 3.83. The molecule has 1 N–H and O–H groups in total. The van der Waals surface area contributed by atoms with Crippen molar-refractivity contribution >= 4 is 33.6 Å². The second kappa shape index (κ2) is 8.86. The van der Waals surface area contributed by atoms with Crippen LogP contribution < -0.4 is 15.0 Å². The molecule has 0 spiro atoms. The van der Waals surface area contributed by atoms with Crippen LogP contribution in [0.5, 0.6) is 5.88 Å². The summed E-state index contributed by atoms with van der Waals surface area (Å²) in [5.74, 6) is 0.691. The lowest BCUT2D eigenvalue weighted by Crippen LogP contribution is -2.53. The minimum absolute atomic E-state index is 0.00724. The molecule has 0 saturated heterocycles. The van der Waals surface area contributed by atoms with Crippen LogP contribution in [0.1, 0.15) is 43.9 Å². The van der Waals surface area contributed by atoms with E-state index in [4.69, 9.17) is 9.47 Å². The number of fused-ring (bicyclic) bond motifs is 1. The Morgan fingerprint density at radius 2 is 1.97 bits per heavy atom. The first kappa shape index (κ1) is 21.6. The molecule has 8 heteroatoms. The van der Waals surface area contributed by atoms with Crippen molar-refractivity contribution in [1.29, 1.82) is 0 Å². The SMILES string of the molecule is COc1nc(Br)cc2c1N(C(C)=O)[C@H](C1CC1)[C@H](C)[C@H]2NC(=O)OCc1ccccc1. The zero-order valence-corrected chi connectivity index (χ0v) is 19.4. The predicted octanol–water partition coefficient (Wildman–Crippen LogP) is 4.60. The van der Waals surface area contributed by atoms with Gasteiger partial charge in [-0.3, -0.25) is 4.79 Å². The van der Waals surface area contributed by atoms with Crippen molar-refractivity contribution in [3.8, 4) is 5.88 Å². The average Bonchev–Trinajstić information content (AvgIpc) is 3.59. The van der Waals surface area contributed by atoms with E-state index in [1.54, 1.807) is 6.92 Å². The molecule has 2 heterocycles. The van der Waals surface area contributed by atoms with Crippen molar-refractivity contribution in [3.63, 3.8) is 0 Å². The number of nitrogens with one attached hydrogen (secondary N) is 1. The van der Waals surface area contributed by atoms with E-state index < -0.39 is 6.09 Å². The number of benzene rings is 1. The maximum atomic E-state index is 12.7. The summed E-state index contributed by atoms with van der Waals surface area (Å²) < 4.78 is 11.6. The van der Waals surface area contributed by atoms with Crippen molar-refractivity contribution in [3.05, 3.63) is 52.1 Å². The van der Waals surface area contributed by atoms with Gasteiger partial charge in [-0.05, 0) is 46.3 Å². The highest BCUT2D eigenvalue weighted by atomic mass is 79.9. The van der Waals surface area contributed by atoms with E-state index in [-0.39, 0.29) is 30.5 Å². The van der Waals surface area contributed by atoms with Gasteiger partial charge in [0.15, 0.2) is 0 Å². The first-order chi connectivity index (χ1) is 14.9. The lowest BCUT2D eigenvalue weighted by molar-refractivity contribution is -0.117. The summed E-state index contributed by atoms with van der Waals surface area (Å²) >= 11 is 3.43. The van der Waals surface area contributed by atoms with Crippen molar-refractivity contribution in [1.82, 2.24) is 10.3 Å². The van der Waals surface area contributed by atoms with Gasteiger partial charge in [0.05, 0.1) is 13.2 Å². The number of aromatic nitrogens is 1. The van der Waals surface area contributed by atoms with Crippen LogP contribution in [0.25, 0.3) is 0 Å². The largest absolute Gasteiger partial charge is 0.479 e. The van der Waals surface area contributed by atoms with Gasteiger partial charge in [0.25, 0.3) is 0 Å². The summed E-state index contributed by atoms with van der Waals surface area (Å²) in [7, 11) is 1.54. The molecule has 31 heavy (non-hydrogen) atoms. The van der Waals surface area contributed by atoms with E-state index in [2.05, 4.69) is 33.2 Å². The topological polar surface area (TPSA) is 80.8 Å². The van der Waals surface area contributed by atoms with Crippen molar-refractivity contribution < 1.29 is 19.1 Å². The molecule has 2 aliphatic rings. The van der Waals surface area contributed by atoms with Crippen LogP contribution in [0.2, 0.25) is 0 Å². The maximum Gasteiger partial charge on any atom is 0.407 e. The monoisotopic (exact) mass is 487 g/mol. The van der Waals surface area contributed by atoms with Crippen LogP contribution in [-0.2, 0) is 16.1 Å². The summed E-state index contributed by atoms with van der Waals surface area (Å²) in [5, 5.41) is 3.04. The highest BCUT2D eigenvalue weighted by Crippen LogP contribution is 2.51. The third-order valence-electron chi connectivity index (χ3n) is 6.02. The Bertz CT molecular complexity index is 980. The number of hydrogen-bond donors (Lipinski definition) is 1. The van der Waals surface area contributed by atoms with E-state index in [0.29, 0.717) is 22.1 Å². The molecule has 3 atom stereocenters. The summed E-state index contributed by atoms with van der Waals surface area (Å²) in [5.41, 5.74) is 2.33. The zero-order valence-electron chi connectivity index (χ0n) is 17.8. The smallest absolute Gasteiger partial charge is 0.407 e. The van der Waals surface area contributed by atoms with E-state index in [0.717, 1.165) is 24.0 Å². The van der Waals surface area contributed by atoms with Gasteiger partial charge in [0, 0.05) is 24.4 Å². The number of amides is 2. The predicted molar refractivity (Wildman–Crippen MR) is 120 cm³/mol. The fourth-order valence-electron chi connectivity index (χ4n) is 4.53. The number of nitrogens with zero attached hydrogens (tertiary/aromatic N) is 2. The minimum atomic E-state index is -0.496. The average molecular weight is 488 g/mol. The number of anilines is 1. The number of pyridine rings is 1. The van der Waals surface area contributed by atoms with Crippen molar-refractivity contribution in [2.45, 2.75) is 45.4 Å². The number of ether oxygens (including phenoxy) is 2. The van der Waals surface area contributed by atoms with Gasteiger partial charge in [-0.1, -0.05) is 37.3 Å². The summed E-state index contributed by atoms with van der Waals surface area (Å²) in [6, 6.07) is 11.0. The molecule has 7 nitrogen and oxygen atoms in total. The Balaban J connectivity index is 1.66. The maximum absolute atomic E-state index is 12.7. The third-order valence-corrected chi connectivity index (χ3v) is 6.43. The second-order valence-corrected chi connectivity index (χ2v) is 8.96. The lowest BCUT2D eigenvalue weighted by atomic mass is 9.80. The molecular weight excluding hydrogens is 462 g/mol. The molecule has 0 unspecified atom stereocenters. The molecule has 1 fully saturated rings. The third kappa shape index (κ3) is 4.39. The fourth-order valence-corrected chi connectivity index (χ4v) is 4.94. The molecule has 2 amide bonds. The molecule has 0 bridgehead atoms. The van der Waals surface area contributed by atoms with Gasteiger partial charge >= 0.3 is 6.09 Å². The molecule has 1 saturated carbocycles. The molecular formula is C23H26BrN3O4. The Labute approximate surface area is 190 Å². The molecule has 0 radical (unpaired) electrons. The molecule has 2 aromatic rings.